The van der Waals surface area contributed by atoms with Crippen LogP contribution in [0.2, 0.25) is 0 Å². The van der Waals surface area contributed by atoms with Gasteiger partial charge in [-0.2, -0.15) is 0 Å². The summed E-state index contributed by atoms with van der Waals surface area (Å²) in [6, 6.07) is 6.51. The summed E-state index contributed by atoms with van der Waals surface area (Å²) in [6.07, 6.45) is -0.375. The van der Waals surface area contributed by atoms with Crippen LogP contribution in [0.3, 0.4) is 0 Å². The molecule has 0 aliphatic carbocycles. The first-order chi connectivity index (χ1) is 10.4. The van der Waals surface area contributed by atoms with Gasteiger partial charge in [0.15, 0.2) is 0 Å². The van der Waals surface area contributed by atoms with E-state index < -0.39 is 23.7 Å². The van der Waals surface area contributed by atoms with Crippen LogP contribution in [0.1, 0.15) is 35.2 Å². The standard InChI is InChI=1S/C15H16N2O5/c1-9(18)16-6-7-17-14(21)11-5-3-2-4-10(11)12(15(17)22)8-13(19)20/h2-5,12H,6-8H2,1H3,(H,16,18)(H,19,20). The molecule has 1 aromatic rings. The number of benzene rings is 1. The van der Waals surface area contributed by atoms with Crippen LogP contribution in [0.4, 0.5) is 0 Å². The summed E-state index contributed by atoms with van der Waals surface area (Å²) in [6.45, 7) is 1.48. The fourth-order valence-corrected chi connectivity index (χ4v) is 2.49. The molecule has 0 fully saturated rings. The van der Waals surface area contributed by atoms with Crippen molar-refractivity contribution < 1.29 is 24.3 Å². The van der Waals surface area contributed by atoms with Crippen LogP contribution in [0, 0.1) is 0 Å². The number of rotatable bonds is 5. The SMILES string of the molecule is CC(=O)NCCN1C(=O)c2ccccc2C(CC(=O)O)C1=O. The number of carbonyl (C=O) groups is 4. The number of carboxylic acid groups (broad SMARTS) is 1. The maximum absolute atomic E-state index is 12.4. The lowest BCUT2D eigenvalue weighted by Gasteiger charge is -2.31. The summed E-state index contributed by atoms with van der Waals surface area (Å²) in [5.41, 5.74) is 0.770. The monoisotopic (exact) mass is 304 g/mol. The summed E-state index contributed by atoms with van der Waals surface area (Å²) in [4.78, 5) is 47.7. The van der Waals surface area contributed by atoms with Crippen LogP contribution >= 0.6 is 0 Å². The van der Waals surface area contributed by atoms with Crippen molar-refractivity contribution in [1.29, 1.82) is 0 Å². The molecule has 0 aromatic heterocycles. The van der Waals surface area contributed by atoms with Gasteiger partial charge in [-0.1, -0.05) is 18.2 Å². The average molecular weight is 304 g/mol. The summed E-state index contributed by atoms with van der Waals surface area (Å²) < 4.78 is 0. The molecule has 0 radical (unpaired) electrons. The third-order valence-corrected chi connectivity index (χ3v) is 3.46. The van der Waals surface area contributed by atoms with Crippen LogP contribution < -0.4 is 5.32 Å². The second-order valence-corrected chi connectivity index (χ2v) is 5.02. The largest absolute Gasteiger partial charge is 0.481 e. The maximum atomic E-state index is 12.4. The summed E-state index contributed by atoms with van der Waals surface area (Å²) in [7, 11) is 0. The molecule has 0 saturated heterocycles. The Morgan fingerprint density at radius 1 is 1.27 bits per heavy atom. The molecule has 1 aliphatic heterocycles. The molecular weight excluding hydrogens is 288 g/mol. The number of aliphatic carboxylic acids is 1. The second-order valence-electron chi connectivity index (χ2n) is 5.02. The number of nitrogens with one attached hydrogen (secondary N) is 1. The third kappa shape index (κ3) is 3.13. The lowest BCUT2D eigenvalue weighted by atomic mass is 9.86. The van der Waals surface area contributed by atoms with E-state index in [0.717, 1.165) is 4.90 Å². The predicted octanol–water partition coefficient (Wildman–Crippen LogP) is 0.363. The van der Waals surface area contributed by atoms with Gasteiger partial charge in [-0.3, -0.25) is 24.1 Å². The van der Waals surface area contributed by atoms with Crippen molar-refractivity contribution in [3.05, 3.63) is 35.4 Å². The Bertz CT molecular complexity index is 641. The normalized spacial score (nSPS) is 17.1. The van der Waals surface area contributed by atoms with Crippen LogP contribution in [0.25, 0.3) is 0 Å². The van der Waals surface area contributed by atoms with Crippen LogP contribution in [-0.2, 0) is 14.4 Å². The van der Waals surface area contributed by atoms with Gasteiger partial charge < -0.3 is 10.4 Å². The Hall–Kier alpha value is -2.70. The molecule has 7 heteroatoms. The second kappa shape index (κ2) is 6.38. The molecule has 1 heterocycles. The van der Waals surface area contributed by atoms with Gasteiger partial charge in [0.2, 0.25) is 11.8 Å². The fraction of sp³-hybridized carbons (Fsp3) is 0.333. The van der Waals surface area contributed by atoms with Crippen LogP contribution in [0.5, 0.6) is 0 Å². The summed E-state index contributed by atoms with van der Waals surface area (Å²) >= 11 is 0. The van der Waals surface area contributed by atoms with Crippen molar-refractivity contribution in [3.8, 4) is 0 Å². The van der Waals surface area contributed by atoms with Gasteiger partial charge in [0, 0.05) is 25.6 Å². The van der Waals surface area contributed by atoms with Gasteiger partial charge in [0.25, 0.3) is 5.91 Å². The number of hydrogen-bond donors (Lipinski definition) is 2. The summed E-state index contributed by atoms with van der Waals surface area (Å²) in [5, 5.41) is 11.5. The maximum Gasteiger partial charge on any atom is 0.304 e. The first kappa shape index (κ1) is 15.7. The Morgan fingerprint density at radius 2 is 1.95 bits per heavy atom. The highest BCUT2D eigenvalue weighted by atomic mass is 16.4. The number of imide groups is 1. The van der Waals surface area contributed by atoms with E-state index in [1.807, 2.05) is 0 Å². The number of fused-ring (bicyclic) bond motifs is 1. The third-order valence-electron chi connectivity index (χ3n) is 3.46. The Morgan fingerprint density at radius 3 is 2.59 bits per heavy atom. The van der Waals surface area contributed by atoms with Gasteiger partial charge in [0.05, 0.1) is 12.3 Å². The molecule has 2 rings (SSSR count). The molecule has 7 nitrogen and oxygen atoms in total. The number of carboxylic acids is 1. The number of carbonyl (C=O) groups excluding carboxylic acids is 3. The molecule has 22 heavy (non-hydrogen) atoms. The molecule has 1 atom stereocenters. The van der Waals surface area contributed by atoms with Gasteiger partial charge >= 0.3 is 5.97 Å². The highest BCUT2D eigenvalue weighted by Crippen LogP contribution is 2.31. The minimum atomic E-state index is -1.11. The molecule has 0 bridgehead atoms. The topological polar surface area (TPSA) is 104 Å². The average Bonchev–Trinajstić information content (AvgIpc) is 2.46. The van der Waals surface area contributed by atoms with Gasteiger partial charge in [-0.25, -0.2) is 0 Å². The number of nitrogens with zero attached hydrogens (tertiary/aromatic N) is 1. The van der Waals surface area contributed by atoms with Crippen molar-refractivity contribution in [3.63, 3.8) is 0 Å². The molecule has 1 aromatic carbocycles. The van der Waals surface area contributed by atoms with Crippen molar-refractivity contribution in [2.75, 3.05) is 13.1 Å². The minimum absolute atomic E-state index is 0.0156. The molecule has 1 aliphatic rings. The summed E-state index contributed by atoms with van der Waals surface area (Å²) in [5.74, 6) is -3.27. The quantitative estimate of drug-likeness (QED) is 0.765. The van der Waals surface area contributed by atoms with E-state index in [0.29, 0.717) is 11.1 Å². The van der Waals surface area contributed by atoms with Crippen molar-refractivity contribution >= 4 is 23.7 Å². The lowest BCUT2D eigenvalue weighted by molar-refractivity contribution is -0.141. The first-order valence-electron chi connectivity index (χ1n) is 6.82. The Kier molecular flexibility index (Phi) is 4.55. The Balaban J connectivity index is 2.30. The highest BCUT2D eigenvalue weighted by molar-refractivity contribution is 6.12. The van der Waals surface area contributed by atoms with E-state index in [-0.39, 0.29) is 25.4 Å². The minimum Gasteiger partial charge on any atom is -0.481 e. The fourth-order valence-electron chi connectivity index (χ4n) is 2.49. The van der Waals surface area contributed by atoms with E-state index >= 15 is 0 Å². The van der Waals surface area contributed by atoms with Crippen LogP contribution in [0.15, 0.2) is 24.3 Å². The molecule has 0 saturated carbocycles. The zero-order valence-corrected chi connectivity index (χ0v) is 12.0. The Labute approximate surface area is 126 Å². The van der Waals surface area contributed by atoms with Crippen molar-refractivity contribution in [1.82, 2.24) is 10.2 Å². The lowest BCUT2D eigenvalue weighted by Crippen LogP contribution is -2.48. The molecule has 0 spiro atoms. The number of amides is 3. The molecular formula is C15H16N2O5. The highest BCUT2D eigenvalue weighted by Gasteiger charge is 2.39. The van der Waals surface area contributed by atoms with Crippen molar-refractivity contribution in [2.24, 2.45) is 0 Å². The first-order valence-corrected chi connectivity index (χ1v) is 6.82. The predicted molar refractivity (Wildman–Crippen MR) is 76.2 cm³/mol. The molecule has 116 valence electrons. The number of hydrogen-bond acceptors (Lipinski definition) is 4. The van der Waals surface area contributed by atoms with E-state index in [2.05, 4.69) is 5.32 Å². The van der Waals surface area contributed by atoms with E-state index in [1.54, 1.807) is 24.3 Å². The van der Waals surface area contributed by atoms with Gasteiger partial charge in [-0.05, 0) is 11.6 Å². The zero-order valence-electron chi connectivity index (χ0n) is 12.0. The molecule has 3 amide bonds. The van der Waals surface area contributed by atoms with Gasteiger partial charge in [-0.15, -0.1) is 0 Å². The molecule has 1 unspecified atom stereocenters. The smallest absolute Gasteiger partial charge is 0.304 e. The van der Waals surface area contributed by atoms with E-state index in [1.165, 1.54) is 6.92 Å². The van der Waals surface area contributed by atoms with Gasteiger partial charge in [0.1, 0.15) is 0 Å². The zero-order chi connectivity index (χ0) is 16.3. The van der Waals surface area contributed by atoms with Crippen LogP contribution in [-0.4, -0.2) is 46.8 Å². The van der Waals surface area contributed by atoms with Crippen molar-refractivity contribution in [2.45, 2.75) is 19.3 Å². The van der Waals surface area contributed by atoms with E-state index in [4.69, 9.17) is 5.11 Å². The van der Waals surface area contributed by atoms with E-state index in [9.17, 15) is 19.2 Å². The molecule has 2 N–H and O–H groups in total.